The molecule has 0 aromatic heterocycles. The quantitative estimate of drug-likeness (QED) is 0.446. The minimum Gasteiger partial charge on any atom is -0.321 e. The van der Waals surface area contributed by atoms with Crippen LogP contribution in [0.1, 0.15) is 18.1 Å². The van der Waals surface area contributed by atoms with Crippen LogP contribution in [0, 0.1) is 10.1 Å². The van der Waals surface area contributed by atoms with Crippen molar-refractivity contribution < 1.29 is 9.72 Å². The molecule has 1 amide bonds. The van der Waals surface area contributed by atoms with Gasteiger partial charge in [0.1, 0.15) is 5.69 Å². The average Bonchev–Trinajstić information content (AvgIpc) is 2.47. The number of carbonyl (C=O) groups excluding carboxylic acids is 1. The van der Waals surface area contributed by atoms with Gasteiger partial charge in [-0.3, -0.25) is 14.9 Å². The van der Waals surface area contributed by atoms with E-state index in [9.17, 15) is 14.9 Å². The van der Waals surface area contributed by atoms with Crippen LogP contribution in [0.15, 0.2) is 46.2 Å². The normalized spacial score (nSPS) is 15.6. The van der Waals surface area contributed by atoms with Gasteiger partial charge in [0.15, 0.2) is 0 Å². The zero-order chi connectivity index (χ0) is 15.9. The lowest BCUT2D eigenvalue weighted by Gasteiger charge is -2.23. The molecule has 6 heteroatoms. The third-order valence-electron chi connectivity index (χ3n) is 3.57. The van der Waals surface area contributed by atoms with Gasteiger partial charge in [-0.2, -0.15) is 0 Å². The molecule has 1 aliphatic heterocycles. The van der Waals surface area contributed by atoms with Gasteiger partial charge in [-0.25, -0.2) is 0 Å². The Morgan fingerprint density at radius 2 is 2.00 bits per heavy atom. The molecule has 1 atom stereocenters. The second-order valence-electron chi connectivity index (χ2n) is 5.06. The number of anilines is 1. The maximum Gasteiger partial charge on any atom is 0.306 e. The van der Waals surface area contributed by atoms with Crippen molar-refractivity contribution in [1.82, 2.24) is 0 Å². The Hall–Kier alpha value is -2.47. The Balaban J connectivity index is 2.24. The molecule has 1 N–H and O–H groups in total. The number of amides is 1. The van der Waals surface area contributed by atoms with Gasteiger partial charge < -0.3 is 5.32 Å². The number of nitro benzene ring substituents is 1. The molecule has 3 rings (SSSR count). The standard InChI is InChI=1S/C16H14N2O3S/c1-10(19)17-13-8-7-12-9-11-5-3-4-6-14(11)22(2)16(12)15(13)18(20)21/h3-8H,2,9H2,1H3,(H,17,19). The highest BCUT2D eigenvalue weighted by Gasteiger charge is 2.29. The molecular weight excluding hydrogens is 300 g/mol. The first-order chi connectivity index (χ1) is 10.5. The first kappa shape index (κ1) is 14.5. The number of hydrogen-bond donors (Lipinski definition) is 1. The van der Waals surface area contributed by atoms with Gasteiger partial charge in [0, 0.05) is 11.8 Å². The van der Waals surface area contributed by atoms with Crippen LogP contribution < -0.4 is 5.32 Å². The molecule has 0 aliphatic carbocycles. The van der Waals surface area contributed by atoms with Crippen molar-refractivity contribution in [2.45, 2.75) is 23.1 Å². The van der Waals surface area contributed by atoms with Crippen LogP contribution in [0.3, 0.4) is 0 Å². The van der Waals surface area contributed by atoms with Crippen LogP contribution in [0.4, 0.5) is 11.4 Å². The van der Waals surface area contributed by atoms with Gasteiger partial charge in [0.05, 0.1) is 9.82 Å². The van der Waals surface area contributed by atoms with Crippen LogP contribution >= 0.6 is 10.5 Å². The fraction of sp³-hybridized carbons (Fsp3) is 0.125. The van der Waals surface area contributed by atoms with E-state index in [1.807, 2.05) is 30.3 Å². The summed E-state index contributed by atoms with van der Waals surface area (Å²) in [6, 6.07) is 11.3. The SMILES string of the molecule is C=S1c2ccccc2Cc2ccc(NC(C)=O)c([N+](=O)[O-])c21. The largest absolute Gasteiger partial charge is 0.321 e. The van der Waals surface area contributed by atoms with Gasteiger partial charge >= 0.3 is 5.69 Å². The van der Waals surface area contributed by atoms with Crippen LogP contribution in [0.5, 0.6) is 0 Å². The second-order valence-corrected chi connectivity index (χ2v) is 6.69. The third kappa shape index (κ3) is 2.31. The lowest BCUT2D eigenvalue weighted by atomic mass is 10.0. The average molecular weight is 314 g/mol. The molecule has 2 aromatic rings. The van der Waals surface area contributed by atoms with Gasteiger partial charge in [0.2, 0.25) is 5.91 Å². The van der Waals surface area contributed by atoms with E-state index in [1.165, 1.54) is 6.92 Å². The van der Waals surface area contributed by atoms with E-state index in [2.05, 4.69) is 11.2 Å². The number of rotatable bonds is 2. The number of nitro groups is 1. The molecule has 5 nitrogen and oxygen atoms in total. The maximum absolute atomic E-state index is 11.6. The van der Waals surface area contributed by atoms with E-state index >= 15 is 0 Å². The van der Waals surface area contributed by atoms with E-state index in [4.69, 9.17) is 0 Å². The Bertz CT molecular complexity index is 830. The molecule has 0 saturated heterocycles. The van der Waals surface area contributed by atoms with E-state index in [0.29, 0.717) is 11.3 Å². The van der Waals surface area contributed by atoms with Crippen molar-refractivity contribution in [2.24, 2.45) is 0 Å². The lowest BCUT2D eigenvalue weighted by Crippen LogP contribution is -2.11. The minimum atomic E-state index is -0.640. The third-order valence-corrected chi connectivity index (χ3v) is 5.45. The molecule has 1 unspecified atom stereocenters. The van der Waals surface area contributed by atoms with Crippen molar-refractivity contribution in [3.63, 3.8) is 0 Å². The molecule has 0 fully saturated rings. The van der Waals surface area contributed by atoms with Gasteiger partial charge in [-0.1, -0.05) is 30.1 Å². The molecule has 0 spiro atoms. The van der Waals surface area contributed by atoms with Crippen LogP contribution in [0.25, 0.3) is 0 Å². The van der Waals surface area contributed by atoms with Gasteiger partial charge in [-0.15, -0.1) is 10.5 Å². The van der Waals surface area contributed by atoms with E-state index in [1.54, 1.807) is 6.07 Å². The first-order valence-corrected chi connectivity index (χ1v) is 8.08. The zero-order valence-corrected chi connectivity index (χ0v) is 12.8. The second kappa shape index (κ2) is 5.38. The Morgan fingerprint density at radius 1 is 1.27 bits per heavy atom. The summed E-state index contributed by atoms with van der Waals surface area (Å²) in [4.78, 5) is 24.1. The molecule has 112 valence electrons. The summed E-state index contributed by atoms with van der Waals surface area (Å²) in [5, 5.41) is 14.1. The minimum absolute atomic E-state index is 0.0412. The number of hydrogen-bond acceptors (Lipinski definition) is 3. The van der Waals surface area contributed by atoms with Crippen LogP contribution in [0.2, 0.25) is 0 Å². The molecule has 22 heavy (non-hydrogen) atoms. The molecule has 1 heterocycles. The molecular formula is C16H14N2O3S. The Kier molecular flexibility index (Phi) is 3.54. The number of benzene rings is 2. The fourth-order valence-corrected chi connectivity index (χ4v) is 4.50. The summed E-state index contributed by atoms with van der Waals surface area (Å²) >= 11 is 0. The number of carbonyl (C=O) groups is 1. The van der Waals surface area contributed by atoms with Crippen LogP contribution in [-0.2, 0) is 11.2 Å². The number of nitrogens with one attached hydrogen (secondary N) is 1. The van der Waals surface area contributed by atoms with Gasteiger partial charge in [-0.05, 0) is 29.7 Å². The summed E-state index contributed by atoms with van der Waals surface area (Å²) in [6.45, 7) is 1.34. The highest BCUT2D eigenvalue weighted by molar-refractivity contribution is 8.14. The predicted molar refractivity (Wildman–Crippen MR) is 87.9 cm³/mol. The summed E-state index contributed by atoms with van der Waals surface area (Å²) in [5.41, 5.74) is 2.24. The summed E-state index contributed by atoms with van der Waals surface area (Å²) in [5.74, 6) is 3.82. The van der Waals surface area contributed by atoms with E-state index in [0.717, 1.165) is 16.0 Å². The summed E-state index contributed by atoms with van der Waals surface area (Å²) in [6.07, 6.45) is 0.645. The van der Waals surface area contributed by atoms with Crippen molar-refractivity contribution in [2.75, 3.05) is 5.32 Å². The number of nitrogens with zero attached hydrogens (tertiary/aromatic N) is 1. The van der Waals surface area contributed by atoms with Crippen molar-refractivity contribution in [3.05, 3.63) is 57.6 Å². The van der Waals surface area contributed by atoms with E-state index in [-0.39, 0.29) is 17.3 Å². The maximum atomic E-state index is 11.6. The summed E-state index contributed by atoms with van der Waals surface area (Å²) in [7, 11) is -0.640. The smallest absolute Gasteiger partial charge is 0.306 e. The molecule has 2 aromatic carbocycles. The zero-order valence-electron chi connectivity index (χ0n) is 12.0. The topological polar surface area (TPSA) is 72.2 Å². The summed E-state index contributed by atoms with van der Waals surface area (Å²) < 4.78 is 0. The molecule has 1 aliphatic rings. The highest BCUT2D eigenvalue weighted by Crippen LogP contribution is 2.50. The Morgan fingerprint density at radius 3 is 2.68 bits per heavy atom. The number of fused-ring (bicyclic) bond motifs is 2. The first-order valence-electron chi connectivity index (χ1n) is 6.68. The molecule has 0 radical (unpaired) electrons. The van der Waals surface area contributed by atoms with Crippen LogP contribution in [-0.4, -0.2) is 16.7 Å². The van der Waals surface area contributed by atoms with Crippen molar-refractivity contribution in [1.29, 1.82) is 0 Å². The fourth-order valence-electron chi connectivity index (χ4n) is 2.70. The monoisotopic (exact) mass is 314 g/mol. The van der Waals surface area contributed by atoms with E-state index < -0.39 is 15.4 Å². The molecule has 0 bridgehead atoms. The van der Waals surface area contributed by atoms with Gasteiger partial charge in [0.25, 0.3) is 0 Å². The highest BCUT2D eigenvalue weighted by atomic mass is 32.2. The Labute approximate surface area is 130 Å². The van der Waals surface area contributed by atoms with Crippen molar-refractivity contribution >= 4 is 33.6 Å². The molecule has 0 saturated carbocycles. The van der Waals surface area contributed by atoms with Crippen molar-refractivity contribution in [3.8, 4) is 0 Å². The predicted octanol–water partition coefficient (Wildman–Crippen LogP) is 3.58. The lowest BCUT2D eigenvalue weighted by molar-refractivity contribution is -0.386.